The van der Waals surface area contributed by atoms with Crippen molar-refractivity contribution in [2.75, 3.05) is 12.3 Å². The van der Waals surface area contributed by atoms with Gasteiger partial charge < -0.3 is 10.5 Å². The number of nitrogens with two attached hydrogens (primary N) is 1. The Bertz CT molecular complexity index is 704. The van der Waals surface area contributed by atoms with Crippen molar-refractivity contribution in [2.45, 2.75) is 20.8 Å². The Kier molecular flexibility index (Phi) is 5.95. The van der Waals surface area contributed by atoms with E-state index < -0.39 is 0 Å². The zero-order valence-electron chi connectivity index (χ0n) is 14.2. The number of ether oxygens (including phenoxy) is 1. The first-order chi connectivity index (χ1) is 11.5. The van der Waals surface area contributed by atoms with Crippen LogP contribution < -0.4 is 15.9 Å². The fourth-order valence-electron chi connectivity index (χ4n) is 1.95. The van der Waals surface area contributed by atoms with Gasteiger partial charge in [-0.15, -0.1) is 0 Å². The minimum Gasteiger partial charge on any atom is -0.493 e. The largest absolute Gasteiger partial charge is 0.493 e. The Balaban J connectivity index is 1.97. The van der Waals surface area contributed by atoms with Gasteiger partial charge in [0.2, 0.25) is 0 Å². The average Bonchev–Trinajstić information content (AvgIpc) is 2.58. The van der Waals surface area contributed by atoms with Crippen LogP contribution in [0.2, 0.25) is 0 Å². The molecule has 0 radical (unpaired) electrons. The van der Waals surface area contributed by atoms with Crippen LogP contribution in [0.25, 0.3) is 0 Å². The molecular weight excluding hydrogens is 302 g/mol. The molecule has 0 aromatic heterocycles. The van der Waals surface area contributed by atoms with Gasteiger partial charge in [-0.25, -0.2) is 5.43 Å². The van der Waals surface area contributed by atoms with E-state index in [1.807, 2.05) is 31.2 Å². The highest BCUT2D eigenvalue weighted by Gasteiger charge is 2.05. The first kappa shape index (κ1) is 17.5. The van der Waals surface area contributed by atoms with Crippen LogP contribution in [0.1, 0.15) is 36.7 Å². The van der Waals surface area contributed by atoms with E-state index in [1.165, 1.54) is 0 Å². The van der Waals surface area contributed by atoms with Crippen molar-refractivity contribution in [2.24, 2.45) is 11.0 Å². The summed E-state index contributed by atoms with van der Waals surface area (Å²) >= 11 is 0. The average molecular weight is 325 g/mol. The maximum Gasteiger partial charge on any atom is 0.271 e. The van der Waals surface area contributed by atoms with Crippen LogP contribution >= 0.6 is 0 Å². The van der Waals surface area contributed by atoms with Crippen LogP contribution in [0, 0.1) is 5.92 Å². The molecule has 0 saturated heterocycles. The van der Waals surface area contributed by atoms with Gasteiger partial charge in [0.05, 0.1) is 12.3 Å². The molecule has 0 aliphatic carbocycles. The lowest BCUT2D eigenvalue weighted by atomic mass is 10.1. The van der Waals surface area contributed by atoms with E-state index in [9.17, 15) is 4.79 Å². The Morgan fingerprint density at radius 3 is 2.25 bits per heavy atom. The molecule has 0 aliphatic rings. The number of rotatable bonds is 6. The third-order valence-corrected chi connectivity index (χ3v) is 3.35. The summed E-state index contributed by atoms with van der Waals surface area (Å²) in [6, 6.07) is 14.3. The van der Waals surface area contributed by atoms with Gasteiger partial charge in [0.1, 0.15) is 5.75 Å². The molecule has 2 aromatic carbocycles. The molecule has 0 saturated carbocycles. The van der Waals surface area contributed by atoms with Crippen molar-refractivity contribution in [3.63, 3.8) is 0 Å². The molecule has 0 spiro atoms. The molecule has 126 valence electrons. The molecule has 2 rings (SSSR count). The van der Waals surface area contributed by atoms with Crippen LogP contribution in [-0.4, -0.2) is 18.2 Å². The summed E-state index contributed by atoms with van der Waals surface area (Å²) in [5, 5.41) is 4.14. The molecule has 0 unspecified atom stereocenters. The molecule has 0 heterocycles. The Morgan fingerprint density at radius 2 is 1.67 bits per heavy atom. The zero-order chi connectivity index (χ0) is 17.5. The number of hydrogen-bond donors (Lipinski definition) is 2. The van der Waals surface area contributed by atoms with E-state index in [1.54, 1.807) is 24.3 Å². The minimum atomic E-state index is -0.272. The van der Waals surface area contributed by atoms with E-state index >= 15 is 0 Å². The number of hydrogen-bond acceptors (Lipinski definition) is 4. The number of nitrogens with zero attached hydrogens (tertiary/aromatic N) is 1. The van der Waals surface area contributed by atoms with Crippen molar-refractivity contribution in [3.8, 4) is 5.75 Å². The molecule has 0 bridgehead atoms. The highest BCUT2D eigenvalue weighted by molar-refractivity contribution is 6.01. The summed E-state index contributed by atoms with van der Waals surface area (Å²) in [4.78, 5) is 12.0. The van der Waals surface area contributed by atoms with E-state index in [-0.39, 0.29) is 5.91 Å². The first-order valence-electron chi connectivity index (χ1n) is 7.89. The minimum absolute atomic E-state index is 0.272. The normalized spacial score (nSPS) is 11.4. The Morgan fingerprint density at radius 1 is 1.08 bits per heavy atom. The number of amides is 1. The number of benzene rings is 2. The third kappa shape index (κ3) is 5.12. The molecule has 3 N–H and O–H groups in total. The van der Waals surface area contributed by atoms with Crippen molar-refractivity contribution < 1.29 is 9.53 Å². The molecule has 1 amide bonds. The van der Waals surface area contributed by atoms with Gasteiger partial charge in [0, 0.05) is 11.3 Å². The van der Waals surface area contributed by atoms with Crippen molar-refractivity contribution in [1.29, 1.82) is 0 Å². The van der Waals surface area contributed by atoms with Crippen molar-refractivity contribution >= 4 is 17.3 Å². The molecule has 0 fully saturated rings. The molecule has 2 aromatic rings. The van der Waals surface area contributed by atoms with Gasteiger partial charge in [-0.1, -0.05) is 13.8 Å². The number of nitrogen functional groups attached to an aromatic ring is 1. The van der Waals surface area contributed by atoms with Gasteiger partial charge in [0.15, 0.2) is 0 Å². The van der Waals surface area contributed by atoms with Crippen LogP contribution in [0.3, 0.4) is 0 Å². The molecule has 5 nitrogen and oxygen atoms in total. The Labute approximate surface area is 142 Å². The van der Waals surface area contributed by atoms with Crippen LogP contribution in [-0.2, 0) is 0 Å². The molecule has 24 heavy (non-hydrogen) atoms. The van der Waals surface area contributed by atoms with E-state index in [0.29, 0.717) is 29.5 Å². The third-order valence-electron chi connectivity index (χ3n) is 3.35. The molecule has 0 aliphatic heterocycles. The first-order valence-corrected chi connectivity index (χ1v) is 7.89. The lowest BCUT2D eigenvalue weighted by Gasteiger charge is -2.09. The molecule has 0 atom stereocenters. The van der Waals surface area contributed by atoms with Gasteiger partial charge in [-0.3, -0.25) is 4.79 Å². The summed E-state index contributed by atoms with van der Waals surface area (Å²) in [6.07, 6.45) is 0. The lowest BCUT2D eigenvalue weighted by Crippen LogP contribution is -2.19. The number of carbonyl (C=O) groups is 1. The second kappa shape index (κ2) is 8.15. The molecular formula is C19H23N3O2. The van der Waals surface area contributed by atoms with Crippen LogP contribution in [0.4, 0.5) is 5.69 Å². The van der Waals surface area contributed by atoms with E-state index in [4.69, 9.17) is 10.5 Å². The van der Waals surface area contributed by atoms with Crippen molar-refractivity contribution in [3.05, 3.63) is 59.7 Å². The topological polar surface area (TPSA) is 76.7 Å². The number of nitrogens with one attached hydrogen (secondary N) is 1. The quantitative estimate of drug-likeness (QED) is 0.485. The second-order valence-electron chi connectivity index (χ2n) is 5.99. The van der Waals surface area contributed by atoms with Gasteiger partial charge in [0.25, 0.3) is 5.91 Å². The Hall–Kier alpha value is -2.82. The fourth-order valence-corrected chi connectivity index (χ4v) is 1.95. The highest BCUT2D eigenvalue weighted by Crippen LogP contribution is 2.14. The maximum atomic E-state index is 12.0. The van der Waals surface area contributed by atoms with E-state index in [0.717, 1.165) is 11.3 Å². The van der Waals surface area contributed by atoms with Crippen LogP contribution in [0.5, 0.6) is 5.75 Å². The number of carbonyl (C=O) groups excluding carboxylic acids is 1. The summed E-state index contributed by atoms with van der Waals surface area (Å²) < 4.78 is 5.65. The number of hydrazone groups is 1. The summed E-state index contributed by atoms with van der Waals surface area (Å²) in [5.74, 6) is 1.04. The summed E-state index contributed by atoms with van der Waals surface area (Å²) in [7, 11) is 0. The smallest absolute Gasteiger partial charge is 0.271 e. The highest BCUT2D eigenvalue weighted by atomic mass is 16.5. The van der Waals surface area contributed by atoms with Gasteiger partial charge in [-0.2, -0.15) is 5.10 Å². The van der Waals surface area contributed by atoms with Crippen molar-refractivity contribution in [1.82, 2.24) is 5.43 Å². The lowest BCUT2D eigenvalue weighted by molar-refractivity contribution is 0.0955. The summed E-state index contributed by atoms with van der Waals surface area (Å²) in [5.41, 5.74) is 10.9. The maximum absolute atomic E-state index is 12.0. The SMILES string of the molecule is C/C(=N/NC(=O)c1ccc(N)cc1)c1ccc(OCC(C)C)cc1. The monoisotopic (exact) mass is 325 g/mol. The second-order valence-corrected chi connectivity index (χ2v) is 5.99. The number of anilines is 1. The molecule has 5 heteroatoms. The van der Waals surface area contributed by atoms with Gasteiger partial charge in [-0.05, 0) is 66.9 Å². The zero-order valence-corrected chi connectivity index (χ0v) is 14.2. The van der Waals surface area contributed by atoms with E-state index in [2.05, 4.69) is 24.4 Å². The standard InChI is InChI=1S/C19H23N3O2/c1-13(2)12-24-18-10-6-15(7-11-18)14(3)21-22-19(23)16-4-8-17(20)9-5-16/h4-11,13H,12,20H2,1-3H3,(H,22,23)/b21-14-. The predicted molar refractivity (Wildman–Crippen MR) is 97.3 cm³/mol. The van der Waals surface area contributed by atoms with Crippen LogP contribution in [0.15, 0.2) is 53.6 Å². The van der Waals surface area contributed by atoms with Gasteiger partial charge >= 0.3 is 0 Å². The predicted octanol–water partition coefficient (Wildman–Crippen LogP) is 3.46. The fraction of sp³-hybridized carbons (Fsp3) is 0.263. The summed E-state index contributed by atoms with van der Waals surface area (Å²) in [6.45, 7) is 6.74.